The minimum Gasteiger partial charge on any atom is -0.462 e. The van der Waals surface area contributed by atoms with Crippen LogP contribution in [0, 0.1) is 0 Å². The van der Waals surface area contributed by atoms with E-state index in [1.165, 1.54) is 0 Å². The number of esters is 1. The van der Waals surface area contributed by atoms with Crippen molar-refractivity contribution in [1.82, 2.24) is 0 Å². The lowest BCUT2D eigenvalue weighted by Gasteiger charge is -2.13. The van der Waals surface area contributed by atoms with Crippen LogP contribution in [-0.2, 0) is 19.1 Å². The summed E-state index contributed by atoms with van der Waals surface area (Å²) in [4.78, 5) is 21.4. The lowest BCUT2D eigenvalue weighted by Crippen LogP contribution is -2.28. The summed E-state index contributed by atoms with van der Waals surface area (Å²) in [6.45, 7) is 2.29. The van der Waals surface area contributed by atoms with Gasteiger partial charge in [0.25, 0.3) is 6.47 Å². The molecule has 82 valence electrons. The van der Waals surface area contributed by atoms with Crippen LogP contribution in [0.15, 0.2) is 0 Å². The first kappa shape index (κ1) is 13.7. The molecule has 0 aromatic rings. The minimum atomic E-state index is -0.892. The molecule has 6 heteroatoms. The van der Waals surface area contributed by atoms with Gasteiger partial charge in [0.2, 0.25) is 0 Å². The number of halogens is 2. The molecular formula is C8H12BrClO4. The van der Waals surface area contributed by atoms with Crippen LogP contribution in [0.1, 0.15) is 13.3 Å². The summed E-state index contributed by atoms with van der Waals surface area (Å²) in [5, 5.41) is 0. The van der Waals surface area contributed by atoms with Crippen molar-refractivity contribution < 1.29 is 19.1 Å². The summed E-state index contributed by atoms with van der Waals surface area (Å²) in [5.41, 5.74) is 0. The van der Waals surface area contributed by atoms with Gasteiger partial charge in [-0.1, -0.05) is 15.9 Å². The number of carbonyl (C=O) groups excluding carboxylic acids is 2. The van der Waals surface area contributed by atoms with E-state index in [-0.39, 0.29) is 30.2 Å². The summed E-state index contributed by atoms with van der Waals surface area (Å²) in [5.74, 6) is -0.332. The molecule has 2 atom stereocenters. The quantitative estimate of drug-likeness (QED) is 0.404. The second kappa shape index (κ2) is 8.05. The molecule has 2 unspecified atom stereocenters. The molecule has 0 fully saturated rings. The Hall–Kier alpha value is -0.290. The monoisotopic (exact) mass is 286 g/mol. The molecule has 0 aromatic carbocycles. The van der Waals surface area contributed by atoms with Crippen LogP contribution < -0.4 is 0 Å². The molecule has 14 heavy (non-hydrogen) atoms. The first-order chi connectivity index (χ1) is 6.61. The Labute approximate surface area is 96.0 Å². The number of alkyl halides is 2. The Balaban J connectivity index is 3.94. The summed E-state index contributed by atoms with van der Waals surface area (Å²) in [6.07, 6.45) is -0.633. The van der Waals surface area contributed by atoms with Crippen molar-refractivity contribution in [2.45, 2.75) is 24.3 Å². The van der Waals surface area contributed by atoms with Crippen molar-refractivity contribution in [3.05, 3.63) is 0 Å². The standard InChI is InChI=1S/C8H12BrClO4/c1-6(9)4-13-8(12)7(2-3-10)14-5-11/h5-7H,2-4H2,1H3. The van der Waals surface area contributed by atoms with Gasteiger partial charge in [0.1, 0.15) is 6.61 Å². The molecule has 0 saturated carbocycles. The van der Waals surface area contributed by atoms with Crippen LogP contribution >= 0.6 is 27.5 Å². The van der Waals surface area contributed by atoms with Crippen LogP contribution in [0.4, 0.5) is 0 Å². The Morgan fingerprint density at radius 1 is 1.64 bits per heavy atom. The number of ether oxygens (including phenoxy) is 2. The van der Waals surface area contributed by atoms with Gasteiger partial charge in [0, 0.05) is 17.1 Å². The fourth-order valence-electron chi connectivity index (χ4n) is 0.698. The fourth-order valence-corrected chi connectivity index (χ4v) is 1.03. The molecule has 0 aliphatic carbocycles. The third-order valence-corrected chi connectivity index (χ3v) is 1.79. The largest absolute Gasteiger partial charge is 0.462 e. The third kappa shape index (κ3) is 6.21. The van der Waals surface area contributed by atoms with Crippen molar-refractivity contribution in [3.8, 4) is 0 Å². The maximum absolute atomic E-state index is 11.2. The van der Waals surface area contributed by atoms with Crippen molar-refractivity contribution in [2.75, 3.05) is 12.5 Å². The topological polar surface area (TPSA) is 52.6 Å². The summed E-state index contributed by atoms with van der Waals surface area (Å²) < 4.78 is 9.36. The SMILES string of the molecule is CC(Br)COC(=O)C(CCCl)OC=O. The van der Waals surface area contributed by atoms with Gasteiger partial charge in [0.05, 0.1) is 0 Å². The maximum atomic E-state index is 11.2. The van der Waals surface area contributed by atoms with E-state index in [0.29, 0.717) is 0 Å². The average Bonchev–Trinajstić information content (AvgIpc) is 2.14. The Morgan fingerprint density at radius 3 is 2.71 bits per heavy atom. The highest BCUT2D eigenvalue weighted by Crippen LogP contribution is 2.04. The fraction of sp³-hybridized carbons (Fsp3) is 0.750. The highest BCUT2D eigenvalue weighted by atomic mass is 79.9. The molecule has 4 nitrogen and oxygen atoms in total. The van der Waals surface area contributed by atoms with Gasteiger partial charge in [-0.2, -0.15) is 0 Å². The average molecular weight is 288 g/mol. The highest BCUT2D eigenvalue weighted by molar-refractivity contribution is 9.09. The predicted molar refractivity (Wildman–Crippen MR) is 55.6 cm³/mol. The van der Waals surface area contributed by atoms with E-state index >= 15 is 0 Å². The Morgan fingerprint density at radius 2 is 2.29 bits per heavy atom. The zero-order chi connectivity index (χ0) is 11.0. The summed E-state index contributed by atoms with van der Waals surface area (Å²) >= 11 is 8.64. The van der Waals surface area contributed by atoms with Gasteiger partial charge in [-0.25, -0.2) is 4.79 Å². The van der Waals surface area contributed by atoms with Crippen molar-refractivity contribution in [1.29, 1.82) is 0 Å². The molecule has 0 rings (SSSR count). The Bertz CT molecular complexity index is 186. The van der Waals surface area contributed by atoms with Gasteiger partial charge in [0.15, 0.2) is 6.10 Å². The van der Waals surface area contributed by atoms with E-state index in [1.807, 2.05) is 6.92 Å². The molecule has 0 bridgehead atoms. The van der Waals surface area contributed by atoms with Crippen molar-refractivity contribution in [3.63, 3.8) is 0 Å². The van der Waals surface area contributed by atoms with E-state index in [0.717, 1.165) is 0 Å². The predicted octanol–water partition coefficient (Wildman–Crippen LogP) is 1.48. The zero-order valence-corrected chi connectivity index (χ0v) is 10.1. The number of carbonyl (C=O) groups is 2. The molecule has 0 radical (unpaired) electrons. The van der Waals surface area contributed by atoms with E-state index < -0.39 is 12.1 Å². The van der Waals surface area contributed by atoms with Crippen LogP contribution in [0.2, 0.25) is 0 Å². The van der Waals surface area contributed by atoms with Crippen molar-refractivity contribution in [2.24, 2.45) is 0 Å². The van der Waals surface area contributed by atoms with E-state index in [2.05, 4.69) is 20.7 Å². The Kier molecular flexibility index (Phi) is 7.89. The van der Waals surface area contributed by atoms with Crippen LogP contribution in [0.3, 0.4) is 0 Å². The summed E-state index contributed by atoms with van der Waals surface area (Å²) in [7, 11) is 0. The molecule has 0 aromatic heterocycles. The van der Waals surface area contributed by atoms with Gasteiger partial charge in [-0.05, 0) is 6.92 Å². The van der Waals surface area contributed by atoms with Gasteiger partial charge in [-0.15, -0.1) is 11.6 Å². The number of hydrogen-bond donors (Lipinski definition) is 0. The van der Waals surface area contributed by atoms with Gasteiger partial charge >= 0.3 is 5.97 Å². The molecule has 0 heterocycles. The summed E-state index contributed by atoms with van der Waals surface area (Å²) in [6, 6.07) is 0. The molecular weight excluding hydrogens is 275 g/mol. The molecule has 0 aliphatic heterocycles. The second-order valence-corrected chi connectivity index (χ2v) is 4.55. The zero-order valence-electron chi connectivity index (χ0n) is 7.74. The van der Waals surface area contributed by atoms with Gasteiger partial charge in [-0.3, -0.25) is 4.79 Å². The molecule has 0 amide bonds. The molecule has 0 aliphatic rings. The molecule has 0 N–H and O–H groups in total. The normalized spacial score (nSPS) is 14.2. The maximum Gasteiger partial charge on any atom is 0.347 e. The van der Waals surface area contributed by atoms with E-state index in [1.54, 1.807) is 0 Å². The van der Waals surface area contributed by atoms with Crippen LogP contribution in [0.25, 0.3) is 0 Å². The number of hydrogen-bond acceptors (Lipinski definition) is 4. The third-order valence-electron chi connectivity index (χ3n) is 1.31. The first-order valence-corrected chi connectivity index (χ1v) is 5.52. The van der Waals surface area contributed by atoms with E-state index in [9.17, 15) is 9.59 Å². The minimum absolute atomic E-state index is 0.0688. The number of rotatable bonds is 7. The van der Waals surface area contributed by atoms with Gasteiger partial charge < -0.3 is 9.47 Å². The first-order valence-electron chi connectivity index (χ1n) is 4.07. The molecule has 0 saturated heterocycles. The van der Waals surface area contributed by atoms with E-state index in [4.69, 9.17) is 16.3 Å². The second-order valence-electron chi connectivity index (χ2n) is 2.61. The molecule has 0 spiro atoms. The van der Waals surface area contributed by atoms with Crippen molar-refractivity contribution >= 4 is 40.0 Å². The lowest BCUT2D eigenvalue weighted by molar-refractivity contribution is -0.161. The lowest BCUT2D eigenvalue weighted by atomic mass is 10.3. The van der Waals surface area contributed by atoms with Crippen LogP contribution in [-0.4, -0.2) is 35.9 Å². The highest BCUT2D eigenvalue weighted by Gasteiger charge is 2.20. The smallest absolute Gasteiger partial charge is 0.347 e. The van der Waals surface area contributed by atoms with Crippen LogP contribution in [0.5, 0.6) is 0 Å².